The second kappa shape index (κ2) is 9.80. The molecule has 0 spiro atoms. The molecule has 0 saturated heterocycles. The van der Waals surface area contributed by atoms with Gasteiger partial charge in [-0.2, -0.15) is 0 Å². The third kappa shape index (κ3) is 5.13. The molecule has 3 rings (SSSR count). The minimum Gasteiger partial charge on any atom is -0.361 e. The summed E-state index contributed by atoms with van der Waals surface area (Å²) < 4.78 is 5.21. The summed E-state index contributed by atoms with van der Waals surface area (Å²) in [6.07, 6.45) is 3.14. The smallest absolute Gasteiger partial charge is 0.252 e. The lowest BCUT2D eigenvalue weighted by Crippen LogP contribution is -2.29. The summed E-state index contributed by atoms with van der Waals surface area (Å²) in [7, 11) is 0. The minimum absolute atomic E-state index is 0. The molecule has 0 atom stereocenters. The molecule has 140 valence electrons. The van der Waals surface area contributed by atoms with E-state index < -0.39 is 0 Å². The largest absolute Gasteiger partial charge is 0.361 e. The van der Waals surface area contributed by atoms with Crippen molar-refractivity contribution in [1.29, 1.82) is 0 Å². The van der Waals surface area contributed by atoms with Gasteiger partial charge in [-0.1, -0.05) is 28.9 Å². The fourth-order valence-corrected chi connectivity index (χ4v) is 3.96. The number of hydrogen-bond donors (Lipinski definition) is 2. The number of nitrogens with one attached hydrogen (secondary N) is 2. The van der Waals surface area contributed by atoms with Crippen LogP contribution in [0.15, 0.2) is 45.3 Å². The molecule has 1 aromatic heterocycles. The first-order valence-corrected chi connectivity index (χ1v) is 9.44. The fraction of sp³-hybridized carbons (Fsp3) is 0.368. The van der Waals surface area contributed by atoms with E-state index in [0.29, 0.717) is 12.1 Å². The highest BCUT2D eigenvalue weighted by atomic mass is 35.5. The van der Waals surface area contributed by atoms with E-state index in [2.05, 4.69) is 21.9 Å². The number of thioether (sulfide) groups is 1. The van der Waals surface area contributed by atoms with Gasteiger partial charge in [0.25, 0.3) is 5.91 Å². The van der Waals surface area contributed by atoms with Crippen molar-refractivity contribution >= 4 is 30.1 Å². The third-order valence-corrected chi connectivity index (χ3v) is 5.42. The Kier molecular flexibility index (Phi) is 7.75. The summed E-state index contributed by atoms with van der Waals surface area (Å²) in [5, 5.41) is 10.3. The molecule has 0 fully saturated rings. The van der Waals surface area contributed by atoms with Crippen molar-refractivity contribution in [1.82, 2.24) is 15.8 Å². The van der Waals surface area contributed by atoms with Gasteiger partial charge in [-0.05, 0) is 38.9 Å². The van der Waals surface area contributed by atoms with Crippen molar-refractivity contribution in [3.63, 3.8) is 0 Å². The maximum Gasteiger partial charge on any atom is 0.252 e. The number of carbonyl (C=O) groups is 1. The van der Waals surface area contributed by atoms with Crippen LogP contribution in [-0.2, 0) is 5.75 Å². The molecule has 1 aromatic carbocycles. The maximum absolute atomic E-state index is 12.6. The van der Waals surface area contributed by atoms with Crippen LogP contribution in [0.4, 0.5) is 0 Å². The van der Waals surface area contributed by atoms with Gasteiger partial charge >= 0.3 is 0 Å². The van der Waals surface area contributed by atoms with Crippen LogP contribution in [0.3, 0.4) is 0 Å². The zero-order valence-corrected chi connectivity index (χ0v) is 16.6. The lowest BCUT2D eigenvalue weighted by atomic mass is 10.1. The molecular weight excluding hydrogens is 370 g/mol. The Balaban J connectivity index is 0.00000243. The number of hydrogen-bond acceptors (Lipinski definition) is 5. The van der Waals surface area contributed by atoms with Gasteiger partial charge in [0.2, 0.25) is 0 Å². The molecule has 1 amide bonds. The monoisotopic (exact) mass is 393 g/mol. The van der Waals surface area contributed by atoms with E-state index in [4.69, 9.17) is 4.52 Å². The molecule has 7 heteroatoms. The highest BCUT2D eigenvalue weighted by Crippen LogP contribution is 2.28. The molecule has 0 aliphatic carbocycles. The first kappa shape index (κ1) is 20.6. The summed E-state index contributed by atoms with van der Waals surface area (Å²) in [6, 6.07) is 7.73. The Hall–Kier alpha value is -1.76. The first-order valence-electron chi connectivity index (χ1n) is 8.45. The Morgan fingerprint density at radius 3 is 2.85 bits per heavy atom. The van der Waals surface area contributed by atoms with Crippen molar-refractivity contribution in [3.8, 4) is 0 Å². The molecule has 2 N–H and O–H groups in total. The predicted octanol–water partition coefficient (Wildman–Crippen LogP) is 3.66. The molecule has 0 saturated carbocycles. The summed E-state index contributed by atoms with van der Waals surface area (Å²) in [6.45, 7) is 6.34. The number of rotatable bonds is 6. The van der Waals surface area contributed by atoms with Gasteiger partial charge in [0.1, 0.15) is 5.76 Å². The number of amides is 1. The zero-order chi connectivity index (χ0) is 17.6. The Bertz CT molecular complexity index is 769. The van der Waals surface area contributed by atoms with Gasteiger partial charge in [0.05, 0.1) is 11.3 Å². The van der Waals surface area contributed by atoms with Crippen LogP contribution >= 0.6 is 24.2 Å². The standard InChI is InChI=1S/C19H23N3O2S.ClH/c1-13-17(14(2)24-22-13)12-25-18-6-4-3-5-16(18)19(23)21-11-15-7-9-20-10-8-15;/h3-7,20H,8-12H2,1-2H3,(H,21,23);1H. The predicted molar refractivity (Wildman–Crippen MR) is 107 cm³/mol. The summed E-state index contributed by atoms with van der Waals surface area (Å²) in [5.74, 6) is 1.55. The Labute approximate surface area is 164 Å². The normalized spacial score (nSPS) is 13.7. The number of nitrogens with zero attached hydrogens (tertiary/aromatic N) is 1. The molecule has 0 radical (unpaired) electrons. The SMILES string of the molecule is Cc1noc(C)c1CSc1ccccc1C(=O)NCC1=CCNCC1.Cl. The highest BCUT2D eigenvalue weighted by Gasteiger charge is 2.14. The molecule has 2 aromatic rings. The van der Waals surface area contributed by atoms with Crippen molar-refractivity contribution < 1.29 is 9.32 Å². The van der Waals surface area contributed by atoms with Gasteiger partial charge in [0.15, 0.2) is 0 Å². The molecule has 0 bridgehead atoms. The van der Waals surface area contributed by atoms with Crippen LogP contribution < -0.4 is 10.6 Å². The van der Waals surface area contributed by atoms with Crippen LogP contribution in [-0.4, -0.2) is 30.7 Å². The molecule has 0 unspecified atom stereocenters. The Morgan fingerprint density at radius 2 is 2.15 bits per heavy atom. The van der Waals surface area contributed by atoms with Gasteiger partial charge in [0, 0.05) is 29.3 Å². The number of aromatic nitrogens is 1. The van der Waals surface area contributed by atoms with Crippen molar-refractivity contribution in [2.75, 3.05) is 19.6 Å². The van der Waals surface area contributed by atoms with Crippen LogP contribution in [0.5, 0.6) is 0 Å². The van der Waals surface area contributed by atoms with Crippen LogP contribution in [0, 0.1) is 13.8 Å². The van der Waals surface area contributed by atoms with E-state index in [1.54, 1.807) is 11.8 Å². The average molecular weight is 394 g/mol. The van der Waals surface area contributed by atoms with Crippen LogP contribution in [0.2, 0.25) is 0 Å². The molecule has 26 heavy (non-hydrogen) atoms. The second-order valence-electron chi connectivity index (χ2n) is 6.09. The average Bonchev–Trinajstić information content (AvgIpc) is 2.97. The lowest BCUT2D eigenvalue weighted by Gasteiger charge is -2.15. The molecule has 1 aliphatic heterocycles. The van der Waals surface area contributed by atoms with Crippen LogP contribution in [0.1, 0.15) is 33.8 Å². The van der Waals surface area contributed by atoms with E-state index in [1.165, 1.54) is 5.57 Å². The zero-order valence-electron chi connectivity index (χ0n) is 15.0. The number of aryl methyl sites for hydroxylation is 2. The number of carbonyl (C=O) groups excluding carboxylic acids is 1. The maximum atomic E-state index is 12.6. The fourth-order valence-electron chi connectivity index (χ4n) is 2.76. The lowest BCUT2D eigenvalue weighted by molar-refractivity contribution is 0.0953. The second-order valence-corrected chi connectivity index (χ2v) is 7.10. The van der Waals surface area contributed by atoms with Gasteiger partial charge in [-0.15, -0.1) is 24.2 Å². The van der Waals surface area contributed by atoms with E-state index in [0.717, 1.165) is 47.2 Å². The molecule has 2 heterocycles. The van der Waals surface area contributed by atoms with Gasteiger partial charge in [-0.25, -0.2) is 0 Å². The topological polar surface area (TPSA) is 67.2 Å². The Morgan fingerprint density at radius 1 is 1.35 bits per heavy atom. The van der Waals surface area contributed by atoms with E-state index in [1.807, 2.05) is 38.1 Å². The van der Waals surface area contributed by atoms with Crippen molar-refractivity contribution in [2.45, 2.75) is 30.9 Å². The van der Waals surface area contributed by atoms with Crippen LogP contribution in [0.25, 0.3) is 0 Å². The summed E-state index contributed by atoms with van der Waals surface area (Å²) >= 11 is 1.64. The van der Waals surface area contributed by atoms with Crippen molar-refractivity contribution in [2.24, 2.45) is 0 Å². The molecular formula is C19H24ClN3O2S. The van der Waals surface area contributed by atoms with Gasteiger partial charge < -0.3 is 15.2 Å². The summed E-state index contributed by atoms with van der Waals surface area (Å²) in [5.41, 5.74) is 4.01. The minimum atomic E-state index is -0.0266. The van der Waals surface area contributed by atoms with Crippen molar-refractivity contribution in [3.05, 3.63) is 58.5 Å². The number of benzene rings is 1. The summed E-state index contributed by atoms with van der Waals surface area (Å²) in [4.78, 5) is 13.6. The molecule has 5 nitrogen and oxygen atoms in total. The van der Waals surface area contributed by atoms with E-state index in [-0.39, 0.29) is 18.3 Å². The molecule has 1 aliphatic rings. The van der Waals surface area contributed by atoms with E-state index >= 15 is 0 Å². The van der Waals surface area contributed by atoms with E-state index in [9.17, 15) is 4.79 Å². The van der Waals surface area contributed by atoms with Gasteiger partial charge in [-0.3, -0.25) is 4.79 Å². The third-order valence-electron chi connectivity index (χ3n) is 4.32. The quantitative estimate of drug-likeness (QED) is 0.579. The highest BCUT2D eigenvalue weighted by molar-refractivity contribution is 7.98. The number of halogens is 1. The first-order chi connectivity index (χ1) is 12.1.